The molecular formula is C18H19NO3. The number of rotatable bonds is 5. The highest BCUT2D eigenvalue weighted by atomic mass is 16.5. The van der Waals surface area contributed by atoms with Gasteiger partial charge in [-0.15, -0.1) is 0 Å². The summed E-state index contributed by atoms with van der Waals surface area (Å²) < 4.78 is 5.28. The molecular weight excluding hydrogens is 278 g/mol. The van der Waals surface area contributed by atoms with Crippen LogP contribution in [0.15, 0.2) is 54.6 Å². The minimum atomic E-state index is -0.406. The molecule has 0 saturated carbocycles. The minimum absolute atomic E-state index is 0.0171. The van der Waals surface area contributed by atoms with Crippen LogP contribution in [0.3, 0.4) is 0 Å². The number of benzene rings is 2. The average Bonchev–Trinajstić information content (AvgIpc) is 2.56. The molecule has 0 saturated heterocycles. The van der Waals surface area contributed by atoms with Crippen molar-refractivity contribution < 1.29 is 14.3 Å². The first-order valence-electron chi connectivity index (χ1n) is 7.28. The van der Waals surface area contributed by atoms with E-state index in [1.165, 1.54) is 0 Å². The second-order valence-corrected chi connectivity index (χ2v) is 5.08. The predicted molar refractivity (Wildman–Crippen MR) is 85.9 cm³/mol. The Morgan fingerprint density at radius 3 is 2.27 bits per heavy atom. The van der Waals surface area contributed by atoms with Gasteiger partial charge in [-0.05, 0) is 42.8 Å². The molecule has 2 aromatic carbocycles. The van der Waals surface area contributed by atoms with Gasteiger partial charge in [0.2, 0.25) is 5.91 Å². The lowest BCUT2D eigenvalue weighted by molar-refractivity contribution is -0.119. The van der Waals surface area contributed by atoms with Crippen molar-refractivity contribution in [2.45, 2.75) is 20.3 Å². The van der Waals surface area contributed by atoms with Gasteiger partial charge in [0.05, 0.1) is 5.56 Å². The Morgan fingerprint density at radius 2 is 1.68 bits per heavy atom. The van der Waals surface area contributed by atoms with Crippen LogP contribution in [0, 0.1) is 5.92 Å². The van der Waals surface area contributed by atoms with Crippen LogP contribution in [0.25, 0.3) is 0 Å². The van der Waals surface area contributed by atoms with Crippen molar-refractivity contribution in [3.05, 3.63) is 60.2 Å². The molecule has 0 fully saturated rings. The number of anilines is 1. The molecule has 4 heteroatoms. The zero-order chi connectivity index (χ0) is 15.9. The van der Waals surface area contributed by atoms with Crippen molar-refractivity contribution in [3.8, 4) is 5.75 Å². The molecule has 0 heterocycles. The summed E-state index contributed by atoms with van der Waals surface area (Å²) in [7, 11) is 0. The first kappa shape index (κ1) is 15.8. The number of hydrogen-bond donors (Lipinski definition) is 1. The van der Waals surface area contributed by atoms with Crippen molar-refractivity contribution in [1.82, 2.24) is 0 Å². The third-order valence-electron chi connectivity index (χ3n) is 3.40. The van der Waals surface area contributed by atoms with Gasteiger partial charge < -0.3 is 10.1 Å². The molecule has 0 aliphatic carbocycles. The van der Waals surface area contributed by atoms with Gasteiger partial charge in [0.25, 0.3) is 0 Å². The van der Waals surface area contributed by atoms with Crippen LogP contribution < -0.4 is 10.1 Å². The molecule has 0 bridgehead atoms. The summed E-state index contributed by atoms with van der Waals surface area (Å²) in [6.07, 6.45) is 0.790. The summed E-state index contributed by atoms with van der Waals surface area (Å²) in [6.45, 7) is 3.85. The third kappa shape index (κ3) is 4.19. The Hall–Kier alpha value is -2.62. The fourth-order valence-corrected chi connectivity index (χ4v) is 1.80. The van der Waals surface area contributed by atoms with Crippen molar-refractivity contribution in [2.24, 2.45) is 5.92 Å². The van der Waals surface area contributed by atoms with E-state index >= 15 is 0 Å². The van der Waals surface area contributed by atoms with Crippen LogP contribution in [0.1, 0.15) is 30.6 Å². The van der Waals surface area contributed by atoms with E-state index in [0.29, 0.717) is 17.0 Å². The van der Waals surface area contributed by atoms with Gasteiger partial charge in [-0.1, -0.05) is 32.0 Å². The fourth-order valence-electron chi connectivity index (χ4n) is 1.80. The van der Waals surface area contributed by atoms with E-state index in [4.69, 9.17) is 4.74 Å². The van der Waals surface area contributed by atoms with Gasteiger partial charge in [-0.2, -0.15) is 0 Å². The Morgan fingerprint density at radius 1 is 1.05 bits per heavy atom. The van der Waals surface area contributed by atoms with Gasteiger partial charge >= 0.3 is 5.97 Å². The van der Waals surface area contributed by atoms with Crippen LogP contribution in [0.2, 0.25) is 0 Å². The Kier molecular flexibility index (Phi) is 5.31. The number of nitrogens with one attached hydrogen (secondary N) is 1. The number of amides is 1. The van der Waals surface area contributed by atoms with Gasteiger partial charge in [-0.3, -0.25) is 4.79 Å². The SMILES string of the molecule is CCC(C)C(=O)Nc1ccc(OC(=O)c2ccccc2)cc1. The first-order valence-corrected chi connectivity index (χ1v) is 7.28. The number of esters is 1. The summed E-state index contributed by atoms with van der Waals surface area (Å²) in [4.78, 5) is 23.7. The van der Waals surface area contributed by atoms with Crippen LogP contribution in [0.4, 0.5) is 5.69 Å². The fraction of sp³-hybridized carbons (Fsp3) is 0.222. The lowest BCUT2D eigenvalue weighted by Gasteiger charge is -2.10. The second kappa shape index (κ2) is 7.41. The first-order chi connectivity index (χ1) is 10.6. The molecule has 1 atom stereocenters. The minimum Gasteiger partial charge on any atom is -0.423 e. The number of ether oxygens (including phenoxy) is 1. The molecule has 1 N–H and O–H groups in total. The van der Waals surface area contributed by atoms with Crippen LogP contribution in [0.5, 0.6) is 5.75 Å². The largest absolute Gasteiger partial charge is 0.423 e. The quantitative estimate of drug-likeness (QED) is 0.673. The Labute approximate surface area is 130 Å². The van der Waals surface area contributed by atoms with Crippen molar-refractivity contribution in [2.75, 3.05) is 5.32 Å². The molecule has 0 aromatic heterocycles. The lowest BCUT2D eigenvalue weighted by atomic mass is 10.1. The summed E-state index contributed by atoms with van der Waals surface area (Å²) >= 11 is 0. The molecule has 2 rings (SSSR count). The Bertz CT molecular complexity index is 635. The molecule has 0 aliphatic heterocycles. The average molecular weight is 297 g/mol. The smallest absolute Gasteiger partial charge is 0.343 e. The van der Waals surface area contributed by atoms with Crippen LogP contribution in [-0.4, -0.2) is 11.9 Å². The zero-order valence-electron chi connectivity index (χ0n) is 12.7. The van der Waals surface area contributed by atoms with Gasteiger partial charge in [0.15, 0.2) is 0 Å². The standard InChI is InChI=1S/C18H19NO3/c1-3-13(2)17(20)19-15-9-11-16(12-10-15)22-18(21)14-7-5-4-6-8-14/h4-13H,3H2,1-2H3,(H,19,20). The molecule has 114 valence electrons. The normalized spacial score (nSPS) is 11.5. The summed E-state index contributed by atoms with van der Waals surface area (Å²) in [5, 5.41) is 2.83. The maximum Gasteiger partial charge on any atom is 0.343 e. The molecule has 0 aliphatic rings. The maximum atomic E-state index is 11.9. The van der Waals surface area contributed by atoms with E-state index < -0.39 is 5.97 Å². The number of carbonyl (C=O) groups excluding carboxylic acids is 2. The predicted octanol–water partition coefficient (Wildman–Crippen LogP) is 3.89. The Balaban J connectivity index is 1.97. The zero-order valence-corrected chi connectivity index (χ0v) is 12.7. The summed E-state index contributed by atoms with van der Waals surface area (Å²) in [5.74, 6) is -0.0144. The molecule has 2 aromatic rings. The topological polar surface area (TPSA) is 55.4 Å². The molecule has 4 nitrogen and oxygen atoms in total. The molecule has 0 spiro atoms. The highest BCUT2D eigenvalue weighted by molar-refractivity contribution is 5.93. The second-order valence-electron chi connectivity index (χ2n) is 5.08. The third-order valence-corrected chi connectivity index (χ3v) is 3.40. The van der Waals surface area contributed by atoms with E-state index in [0.717, 1.165) is 6.42 Å². The molecule has 1 unspecified atom stereocenters. The van der Waals surface area contributed by atoms with Crippen LogP contribution >= 0.6 is 0 Å². The maximum absolute atomic E-state index is 11.9. The molecule has 0 radical (unpaired) electrons. The van der Waals surface area contributed by atoms with E-state index in [1.807, 2.05) is 19.9 Å². The number of carbonyl (C=O) groups is 2. The number of hydrogen-bond acceptors (Lipinski definition) is 3. The monoisotopic (exact) mass is 297 g/mol. The van der Waals surface area contributed by atoms with Gasteiger partial charge in [0.1, 0.15) is 5.75 Å². The highest BCUT2D eigenvalue weighted by Crippen LogP contribution is 2.18. The van der Waals surface area contributed by atoms with E-state index in [-0.39, 0.29) is 11.8 Å². The van der Waals surface area contributed by atoms with Crippen molar-refractivity contribution in [3.63, 3.8) is 0 Å². The lowest BCUT2D eigenvalue weighted by Crippen LogP contribution is -2.19. The summed E-state index contributed by atoms with van der Waals surface area (Å²) in [5.41, 5.74) is 1.18. The van der Waals surface area contributed by atoms with E-state index in [9.17, 15) is 9.59 Å². The van der Waals surface area contributed by atoms with Gasteiger partial charge in [-0.25, -0.2) is 4.79 Å². The van der Waals surface area contributed by atoms with Crippen molar-refractivity contribution in [1.29, 1.82) is 0 Å². The summed E-state index contributed by atoms with van der Waals surface area (Å²) in [6, 6.07) is 15.5. The molecule has 22 heavy (non-hydrogen) atoms. The highest BCUT2D eigenvalue weighted by Gasteiger charge is 2.11. The van der Waals surface area contributed by atoms with E-state index in [2.05, 4.69) is 5.32 Å². The van der Waals surface area contributed by atoms with E-state index in [1.54, 1.807) is 48.5 Å². The molecule has 1 amide bonds. The van der Waals surface area contributed by atoms with Crippen molar-refractivity contribution >= 4 is 17.6 Å². The van der Waals surface area contributed by atoms with Crippen LogP contribution in [-0.2, 0) is 4.79 Å². The van der Waals surface area contributed by atoms with Gasteiger partial charge in [0, 0.05) is 11.6 Å².